The van der Waals surface area contributed by atoms with Crippen LogP contribution < -0.4 is 0 Å². The first-order valence-electron chi connectivity index (χ1n) is 1.62. The summed E-state index contributed by atoms with van der Waals surface area (Å²) in [5.41, 5.74) is 0. The van der Waals surface area contributed by atoms with Gasteiger partial charge < -0.3 is 5.11 Å². The van der Waals surface area contributed by atoms with Crippen LogP contribution in [-0.4, -0.2) is 55.7 Å². The molecule has 0 aliphatic rings. The van der Waals surface area contributed by atoms with Gasteiger partial charge in [-0.2, -0.15) is 0 Å². The standard InChI is InChI=1S/C2H4O5S.Na.H/c3-2(4)1-7-8(5)6;;/h8H,1H2,(H,3,4);;. The van der Waals surface area contributed by atoms with Gasteiger partial charge in [-0.25, -0.2) is 13.2 Å². The van der Waals surface area contributed by atoms with E-state index in [1.54, 1.807) is 0 Å². The third-order valence-electron chi connectivity index (χ3n) is 0.293. The van der Waals surface area contributed by atoms with Crippen LogP contribution in [0.4, 0.5) is 0 Å². The Kier molecular flexibility index (Phi) is 8.73. The number of rotatable bonds is 3. The second kappa shape index (κ2) is 6.50. The molecule has 9 heavy (non-hydrogen) atoms. The van der Waals surface area contributed by atoms with Crippen LogP contribution in [0.1, 0.15) is 0 Å². The molecule has 0 saturated carbocycles. The molecular weight excluding hydrogens is 159 g/mol. The van der Waals surface area contributed by atoms with Crippen molar-refractivity contribution in [2.24, 2.45) is 0 Å². The zero-order chi connectivity index (χ0) is 6.57. The molecule has 0 aromatic rings. The minimum atomic E-state index is -3.01. The van der Waals surface area contributed by atoms with Crippen LogP contribution in [0.25, 0.3) is 0 Å². The van der Waals surface area contributed by atoms with Crippen LogP contribution in [-0.2, 0) is 20.0 Å². The van der Waals surface area contributed by atoms with Crippen LogP contribution in [0.5, 0.6) is 0 Å². The van der Waals surface area contributed by atoms with Gasteiger partial charge in [0.05, 0.1) is 0 Å². The van der Waals surface area contributed by atoms with Gasteiger partial charge in [0, 0.05) is 0 Å². The molecule has 0 radical (unpaired) electrons. The van der Waals surface area contributed by atoms with Crippen molar-refractivity contribution in [3.63, 3.8) is 0 Å². The van der Waals surface area contributed by atoms with Crippen molar-refractivity contribution >= 4 is 46.5 Å². The van der Waals surface area contributed by atoms with Crippen molar-refractivity contribution in [1.82, 2.24) is 0 Å². The number of hydrogen-bond donors (Lipinski definition) is 2. The molecule has 0 aromatic heterocycles. The molecule has 50 valence electrons. The number of thiol groups is 1. The van der Waals surface area contributed by atoms with E-state index in [4.69, 9.17) is 5.11 Å². The van der Waals surface area contributed by atoms with Gasteiger partial charge in [-0.15, -0.1) is 0 Å². The molecule has 0 fully saturated rings. The topological polar surface area (TPSA) is 80.7 Å². The number of aliphatic carboxylic acids is 1. The number of carboxylic acids is 1. The Bertz CT molecular complexity index is 143. The van der Waals surface area contributed by atoms with Crippen LogP contribution in [0, 0.1) is 0 Å². The first kappa shape index (κ1) is 12.1. The average molecular weight is 164 g/mol. The van der Waals surface area contributed by atoms with E-state index >= 15 is 0 Å². The van der Waals surface area contributed by atoms with E-state index < -0.39 is 23.6 Å². The zero-order valence-corrected chi connectivity index (χ0v) is 4.63. The molecule has 0 amide bonds. The Hall–Kier alpha value is 0.380. The third kappa shape index (κ3) is 11.8. The van der Waals surface area contributed by atoms with Crippen molar-refractivity contribution < 1.29 is 22.5 Å². The van der Waals surface area contributed by atoms with Gasteiger partial charge in [-0.05, 0) is 0 Å². The molecular formula is C2H5NaO5S. The summed E-state index contributed by atoms with van der Waals surface area (Å²) in [6, 6.07) is 0. The van der Waals surface area contributed by atoms with E-state index in [9.17, 15) is 13.2 Å². The Balaban J connectivity index is 0. The summed E-state index contributed by atoms with van der Waals surface area (Å²) < 4.78 is 22.6. The van der Waals surface area contributed by atoms with E-state index in [1.165, 1.54) is 0 Å². The second-order valence-electron chi connectivity index (χ2n) is 0.891. The Morgan fingerprint density at radius 3 is 2.11 bits per heavy atom. The van der Waals surface area contributed by atoms with E-state index in [2.05, 4.69) is 4.18 Å². The Labute approximate surface area is 75.5 Å². The van der Waals surface area contributed by atoms with E-state index in [-0.39, 0.29) is 29.6 Å². The van der Waals surface area contributed by atoms with Gasteiger partial charge in [0.15, 0.2) is 6.61 Å². The summed E-state index contributed by atoms with van der Waals surface area (Å²) in [7, 11) is -3.01. The Morgan fingerprint density at radius 2 is 2.00 bits per heavy atom. The summed E-state index contributed by atoms with van der Waals surface area (Å²) in [6.07, 6.45) is 0. The van der Waals surface area contributed by atoms with Crippen LogP contribution in [0.3, 0.4) is 0 Å². The quantitative estimate of drug-likeness (QED) is 0.371. The molecule has 0 atom stereocenters. The van der Waals surface area contributed by atoms with Gasteiger partial charge in [0.25, 0.3) is 11.0 Å². The van der Waals surface area contributed by atoms with Crippen LogP contribution >= 0.6 is 0 Å². The van der Waals surface area contributed by atoms with Crippen LogP contribution in [0.2, 0.25) is 0 Å². The molecule has 5 nitrogen and oxygen atoms in total. The molecule has 0 saturated heterocycles. The summed E-state index contributed by atoms with van der Waals surface area (Å²) in [4.78, 5) is 9.51. The zero-order valence-electron chi connectivity index (χ0n) is 3.73. The third-order valence-corrected chi connectivity index (χ3v) is 0.633. The fourth-order valence-corrected chi connectivity index (χ4v) is 0.324. The fourth-order valence-electron chi connectivity index (χ4n) is 0.108. The van der Waals surface area contributed by atoms with Gasteiger partial charge in [-0.1, -0.05) is 0 Å². The first-order chi connectivity index (χ1) is 3.63. The van der Waals surface area contributed by atoms with E-state index in [1.807, 2.05) is 0 Å². The van der Waals surface area contributed by atoms with Gasteiger partial charge in [0.2, 0.25) is 0 Å². The van der Waals surface area contributed by atoms with E-state index in [0.717, 1.165) is 0 Å². The van der Waals surface area contributed by atoms with E-state index in [0.29, 0.717) is 0 Å². The number of carboxylic acid groups (broad SMARTS) is 1. The molecule has 0 rings (SSSR count). The summed E-state index contributed by atoms with van der Waals surface area (Å²) in [5.74, 6) is -1.30. The predicted molar refractivity (Wildman–Crippen MR) is 31.1 cm³/mol. The minimum absolute atomic E-state index is 0. The SMILES string of the molecule is O=C(O)CO[SH](=O)=O.[NaH]. The van der Waals surface area contributed by atoms with Crippen molar-refractivity contribution in [3.05, 3.63) is 0 Å². The van der Waals surface area contributed by atoms with Gasteiger partial charge >= 0.3 is 35.5 Å². The maximum absolute atomic E-state index is 9.51. The van der Waals surface area contributed by atoms with Crippen LogP contribution in [0.15, 0.2) is 0 Å². The van der Waals surface area contributed by atoms with Crippen molar-refractivity contribution in [2.75, 3.05) is 6.61 Å². The molecule has 0 spiro atoms. The normalized spacial score (nSPS) is 8.56. The molecule has 0 bridgehead atoms. The summed E-state index contributed by atoms with van der Waals surface area (Å²) in [6.45, 7) is -0.793. The second-order valence-corrected chi connectivity index (χ2v) is 1.60. The molecule has 1 N–H and O–H groups in total. The average Bonchev–Trinajstić information content (AvgIpc) is 1.61. The number of carbonyl (C=O) groups is 1. The number of hydrogen-bond acceptors (Lipinski definition) is 4. The van der Waals surface area contributed by atoms with Crippen molar-refractivity contribution in [1.29, 1.82) is 0 Å². The molecule has 0 aromatic carbocycles. The van der Waals surface area contributed by atoms with Gasteiger partial charge in [-0.3, -0.25) is 4.18 Å². The Morgan fingerprint density at radius 1 is 1.56 bits per heavy atom. The molecule has 0 unspecified atom stereocenters. The summed E-state index contributed by atoms with van der Waals surface area (Å²) in [5, 5.41) is 7.77. The summed E-state index contributed by atoms with van der Waals surface area (Å²) >= 11 is 0. The van der Waals surface area contributed by atoms with Crippen molar-refractivity contribution in [3.8, 4) is 0 Å². The van der Waals surface area contributed by atoms with Gasteiger partial charge in [0.1, 0.15) is 0 Å². The molecule has 0 heterocycles. The first-order valence-corrected chi connectivity index (χ1v) is 2.71. The molecule has 7 heteroatoms. The molecule has 0 aliphatic heterocycles. The predicted octanol–water partition coefficient (Wildman–Crippen LogP) is -2.03. The fraction of sp³-hybridized carbons (Fsp3) is 0.500. The van der Waals surface area contributed by atoms with Crippen molar-refractivity contribution in [2.45, 2.75) is 0 Å². The molecule has 0 aliphatic carbocycles. The maximum atomic E-state index is 9.51. The monoisotopic (exact) mass is 164 g/mol.